The molecule has 28 heavy (non-hydrogen) atoms. The number of nitrogens with zero attached hydrogens (tertiary/aromatic N) is 1. The Hall–Kier alpha value is -2.50. The highest BCUT2D eigenvalue weighted by Crippen LogP contribution is 2.27. The van der Waals surface area contributed by atoms with Crippen LogP contribution in [-0.2, 0) is 13.2 Å². The maximum Gasteiger partial charge on any atom is 0.134 e. The third-order valence-electron chi connectivity index (χ3n) is 4.06. The zero-order valence-corrected chi connectivity index (χ0v) is 17.7. The van der Waals surface area contributed by atoms with Gasteiger partial charge >= 0.3 is 0 Å². The third kappa shape index (κ3) is 5.50. The number of halogens is 2. The molecule has 1 N–H and O–H groups in total. The number of hydrazone groups is 1. The van der Waals surface area contributed by atoms with Crippen LogP contribution in [0.3, 0.4) is 0 Å². The van der Waals surface area contributed by atoms with Crippen molar-refractivity contribution in [2.24, 2.45) is 5.10 Å². The minimum Gasteiger partial charge on any atom is -0.496 e. The van der Waals surface area contributed by atoms with Gasteiger partial charge in [0.25, 0.3) is 0 Å². The van der Waals surface area contributed by atoms with Crippen LogP contribution in [0, 0.1) is 0 Å². The zero-order valence-electron chi connectivity index (χ0n) is 15.4. The Morgan fingerprint density at radius 1 is 1.00 bits per heavy atom. The fourth-order valence-corrected chi connectivity index (χ4v) is 3.29. The van der Waals surface area contributed by atoms with Gasteiger partial charge in [-0.15, -0.1) is 0 Å². The zero-order chi connectivity index (χ0) is 19.8. The van der Waals surface area contributed by atoms with Crippen LogP contribution in [0.25, 0.3) is 0 Å². The summed E-state index contributed by atoms with van der Waals surface area (Å²) in [5, 5.41) is 4.98. The van der Waals surface area contributed by atoms with Gasteiger partial charge in [0.1, 0.15) is 18.1 Å². The molecule has 3 aromatic rings. The number of hydrogen-bond acceptors (Lipinski definition) is 4. The highest BCUT2D eigenvalue weighted by molar-refractivity contribution is 9.10. The van der Waals surface area contributed by atoms with Crippen molar-refractivity contribution < 1.29 is 9.47 Å². The van der Waals surface area contributed by atoms with Crippen LogP contribution in [0.15, 0.2) is 76.3 Å². The van der Waals surface area contributed by atoms with Crippen LogP contribution in [0.1, 0.15) is 16.7 Å². The summed E-state index contributed by atoms with van der Waals surface area (Å²) in [6.07, 6.45) is 1.76. The number of hydrogen-bond donors (Lipinski definition) is 1. The lowest BCUT2D eigenvalue weighted by Crippen LogP contribution is -2.06. The van der Waals surface area contributed by atoms with E-state index in [1.54, 1.807) is 13.3 Å². The molecule has 0 radical (unpaired) electrons. The Kier molecular flexibility index (Phi) is 7.34. The van der Waals surface area contributed by atoms with E-state index in [2.05, 4.69) is 26.5 Å². The summed E-state index contributed by atoms with van der Waals surface area (Å²) < 4.78 is 12.0. The molecular weight excluding hydrogens is 440 g/mol. The lowest BCUT2D eigenvalue weighted by molar-refractivity contribution is 0.304. The summed E-state index contributed by atoms with van der Waals surface area (Å²) in [6, 6.07) is 21.3. The predicted molar refractivity (Wildman–Crippen MR) is 117 cm³/mol. The van der Waals surface area contributed by atoms with Gasteiger partial charge in [0.2, 0.25) is 0 Å². The molecule has 0 saturated heterocycles. The van der Waals surface area contributed by atoms with Crippen LogP contribution in [0.5, 0.6) is 11.5 Å². The van der Waals surface area contributed by atoms with Crippen LogP contribution in [-0.4, -0.2) is 13.3 Å². The summed E-state index contributed by atoms with van der Waals surface area (Å²) in [7, 11) is 1.66. The molecule has 144 valence electrons. The van der Waals surface area contributed by atoms with Gasteiger partial charge in [0.05, 0.1) is 24.3 Å². The Balaban J connectivity index is 1.56. The van der Waals surface area contributed by atoms with E-state index < -0.39 is 0 Å². The first kappa shape index (κ1) is 20.2. The highest BCUT2D eigenvalue weighted by Gasteiger charge is 2.05. The molecule has 0 saturated carbocycles. The quantitative estimate of drug-likeness (QED) is 0.341. The van der Waals surface area contributed by atoms with Gasteiger partial charge in [-0.2, -0.15) is 5.10 Å². The molecule has 0 bridgehead atoms. The lowest BCUT2D eigenvalue weighted by Gasteiger charge is -2.10. The molecule has 3 aromatic carbocycles. The van der Waals surface area contributed by atoms with Crippen molar-refractivity contribution in [3.8, 4) is 11.5 Å². The molecule has 0 heterocycles. The number of benzene rings is 3. The molecule has 6 heteroatoms. The first-order valence-corrected chi connectivity index (χ1v) is 9.88. The van der Waals surface area contributed by atoms with E-state index in [0.717, 1.165) is 32.7 Å². The van der Waals surface area contributed by atoms with Crippen molar-refractivity contribution in [2.45, 2.75) is 13.2 Å². The topological polar surface area (TPSA) is 42.8 Å². The molecule has 0 amide bonds. The molecule has 0 fully saturated rings. The lowest BCUT2D eigenvalue weighted by atomic mass is 10.2. The van der Waals surface area contributed by atoms with Gasteiger partial charge in [-0.05, 0) is 51.8 Å². The fourth-order valence-electron chi connectivity index (χ4n) is 2.59. The van der Waals surface area contributed by atoms with E-state index in [1.807, 2.05) is 66.7 Å². The average molecular weight is 460 g/mol. The number of rotatable bonds is 8. The summed E-state index contributed by atoms with van der Waals surface area (Å²) in [5.74, 6) is 1.59. The first-order chi connectivity index (χ1) is 13.7. The number of para-hydroxylation sites is 1. The monoisotopic (exact) mass is 458 g/mol. The molecule has 0 atom stereocenters. The number of nitrogens with one attached hydrogen (secondary N) is 1. The Morgan fingerprint density at radius 2 is 1.75 bits per heavy atom. The SMILES string of the molecule is COc1ccccc1CN/N=C/c1ccc(OCc2ccccc2Cl)c(Br)c1. The van der Waals surface area contributed by atoms with E-state index >= 15 is 0 Å². The summed E-state index contributed by atoms with van der Waals surface area (Å²) in [6.45, 7) is 0.993. The van der Waals surface area contributed by atoms with Gasteiger partial charge in [0, 0.05) is 16.1 Å². The van der Waals surface area contributed by atoms with Crippen LogP contribution < -0.4 is 14.9 Å². The molecule has 4 nitrogen and oxygen atoms in total. The normalized spacial score (nSPS) is 10.8. The van der Waals surface area contributed by atoms with Crippen LogP contribution in [0.4, 0.5) is 0 Å². The van der Waals surface area contributed by atoms with Crippen molar-refractivity contribution in [1.82, 2.24) is 5.43 Å². The van der Waals surface area contributed by atoms with Crippen molar-refractivity contribution >= 4 is 33.7 Å². The summed E-state index contributed by atoms with van der Waals surface area (Å²) in [5.41, 5.74) is 5.98. The largest absolute Gasteiger partial charge is 0.496 e. The first-order valence-electron chi connectivity index (χ1n) is 8.71. The second-order valence-corrected chi connectivity index (χ2v) is 7.24. The molecule has 0 spiro atoms. The smallest absolute Gasteiger partial charge is 0.134 e. The van der Waals surface area contributed by atoms with Crippen molar-refractivity contribution in [3.05, 3.63) is 92.9 Å². The fraction of sp³-hybridized carbons (Fsp3) is 0.136. The average Bonchev–Trinajstić information content (AvgIpc) is 2.72. The molecule has 0 aliphatic heterocycles. The maximum absolute atomic E-state index is 6.17. The van der Waals surface area contributed by atoms with Gasteiger partial charge in [-0.3, -0.25) is 0 Å². The summed E-state index contributed by atoms with van der Waals surface area (Å²) in [4.78, 5) is 0. The Bertz CT molecular complexity index is 963. The molecule has 0 unspecified atom stereocenters. The number of methoxy groups -OCH3 is 1. The van der Waals surface area contributed by atoms with E-state index in [0.29, 0.717) is 18.2 Å². The maximum atomic E-state index is 6.17. The van der Waals surface area contributed by atoms with Crippen molar-refractivity contribution in [1.29, 1.82) is 0 Å². The molecule has 0 aliphatic carbocycles. The van der Waals surface area contributed by atoms with E-state index in [1.165, 1.54) is 0 Å². The summed E-state index contributed by atoms with van der Waals surface area (Å²) >= 11 is 9.71. The minimum atomic E-state index is 0.409. The minimum absolute atomic E-state index is 0.409. The Morgan fingerprint density at radius 3 is 2.50 bits per heavy atom. The van der Waals surface area contributed by atoms with Crippen molar-refractivity contribution in [3.63, 3.8) is 0 Å². The van der Waals surface area contributed by atoms with Crippen LogP contribution >= 0.6 is 27.5 Å². The molecule has 0 aromatic heterocycles. The highest BCUT2D eigenvalue weighted by atomic mass is 79.9. The molecule has 3 rings (SSSR count). The Labute approximate surface area is 178 Å². The van der Waals surface area contributed by atoms with Gasteiger partial charge < -0.3 is 14.9 Å². The van der Waals surface area contributed by atoms with E-state index in [9.17, 15) is 0 Å². The van der Waals surface area contributed by atoms with Gasteiger partial charge in [-0.1, -0.05) is 48.0 Å². The van der Waals surface area contributed by atoms with E-state index in [-0.39, 0.29) is 0 Å². The van der Waals surface area contributed by atoms with Crippen LogP contribution in [0.2, 0.25) is 5.02 Å². The molecule has 0 aliphatic rings. The third-order valence-corrected chi connectivity index (χ3v) is 5.05. The number of ether oxygens (including phenoxy) is 2. The second kappa shape index (κ2) is 10.2. The molecular formula is C22H20BrClN2O2. The standard InChI is InChI=1S/C22H20BrClN2O2/c1-27-21-9-5-3-6-17(21)14-26-25-13-16-10-11-22(19(23)12-16)28-15-18-7-2-4-8-20(18)24/h2-13,26H,14-15H2,1H3/b25-13+. The second-order valence-electron chi connectivity index (χ2n) is 5.97. The van der Waals surface area contributed by atoms with E-state index in [4.69, 9.17) is 21.1 Å². The van der Waals surface area contributed by atoms with Gasteiger partial charge in [-0.25, -0.2) is 0 Å². The predicted octanol–water partition coefficient (Wildman–Crippen LogP) is 5.81. The van der Waals surface area contributed by atoms with Crippen molar-refractivity contribution in [2.75, 3.05) is 7.11 Å². The van der Waals surface area contributed by atoms with Gasteiger partial charge in [0.15, 0.2) is 0 Å².